The van der Waals surface area contributed by atoms with Gasteiger partial charge in [0.05, 0.1) is 19.7 Å². The van der Waals surface area contributed by atoms with Crippen molar-refractivity contribution in [1.29, 1.82) is 0 Å². The summed E-state index contributed by atoms with van der Waals surface area (Å²) in [7, 11) is 1.60. The molecule has 8 heteroatoms. The van der Waals surface area contributed by atoms with E-state index in [1.54, 1.807) is 35.1 Å². The number of aromatic nitrogens is 2. The van der Waals surface area contributed by atoms with Crippen LogP contribution < -0.4 is 10.3 Å². The van der Waals surface area contributed by atoms with Gasteiger partial charge in [0.2, 0.25) is 11.5 Å². The number of piperazine rings is 1. The van der Waals surface area contributed by atoms with Gasteiger partial charge in [0, 0.05) is 29.2 Å². The second-order valence-electron chi connectivity index (χ2n) is 8.73. The summed E-state index contributed by atoms with van der Waals surface area (Å²) in [6.45, 7) is 0.635. The number of pyridine rings is 1. The molecule has 2 amide bonds. The Kier molecular flexibility index (Phi) is 6.10. The van der Waals surface area contributed by atoms with Crippen LogP contribution in [0.2, 0.25) is 0 Å². The van der Waals surface area contributed by atoms with Crippen molar-refractivity contribution >= 4 is 22.7 Å². The summed E-state index contributed by atoms with van der Waals surface area (Å²) < 4.78 is 5.28. The number of aromatic amines is 2. The van der Waals surface area contributed by atoms with Gasteiger partial charge in [0.25, 0.3) is 5.91 Å². The van der Waals surface area contributed by atoms with Crippen LogP contribution in [0.5, 0.6) is 5.75 Å². The molecule has 0 unspecified atom stereocenters. The van der Waals surface area contributed by atoms with E-state index in [0.717, 1.165) is 16.5 Å². The average Bonchev–Trinajstić information content (AvgIpc) is 3.29. The summed E-state index contributed by atoms with van der Waals surface area (Å²) in [5, 5.41) is 0.867. The Morgan fingerprint density at radius 2 is 1.83 bits per heavy atom. The number of methoxy groups -OCH3 is 1. The molecule has 0 saturated carbocycles. The molecular formula is C27H26N4O4. The third-order valence-electron chi connectivity index (χ3n) is 6.35. The van der Waals surface area contributed by atoms with Gasteiger partial charge in [0.1, 0.15) is 18.0 Å². The van der Waals surface area contributed by atoms with Crippen molar-refractivity contribution in [2.24, 2.45) is 0 Å². The highest BCUT2D eigenvalue weighted by molar-refractivity contribution is 6.00. The third kappa shape index (κ3) is 4.82. The highest BCUT2D eigenvalue weighted by Gasteiger charge is 2.35. The number of fused-ring (bicyclic) bond motifs is 1. The summed E-state index contributed by atoms with van der Waals surface area (Å²) in [5.74, 6) is 0.327. The van der Waals surface area contributed by atoms with Crippen LogP contribution in [0.25, 0.3) is 10.9 Å². The van der Waals surface area contributed by atoms with Crippen molar-refractivity contribution in [3.05, 3.63) is 100 Å². The normalized spacial score (nSPS) is 16.0. The van der Waals surface area contributed by atoms with Gasteiger partial charge < -0.3 is 24.5 Å². The van der Waals surface area contributed by atoms with Crippen LogP contribution in [0, 0.1) is 0 Å². The topological polar surface area (TPSA) is 98.5 Å². The molecule has 3 heterocycles. The number of nitrogens with zero attached hydrogens (tertiary/aromatic N) is 2. The van der Waals surface area contributed by atoms with Crippen LogP contribution in [0.15, 0.2) is 77.6 Å². The van der Waals surface area contributed by atoms with Gasteiger partial charge >= 0.3 is 0 Å². The fourth-order valence-electron chi connectivity index (χ4n) is 4.60. The predicted octanol–water partition coefficient (Wildman–Crippen LogP) is 2.96. The number of ether oxygens (including phenoxy) is 1. The first-order valence-corrected chi connectivity index (χ1v) is 11.5. The van der Waals surface area contributed by atoms with E-state index >= 15 is 0 Å². The predicted molar refractivity (Wildman–Crippen MR) is 132 cm³/mol. The maximum atomic E-state index is 13.4. The Morgan fingerprint density at radius 3 is 2.60 bits per heavy atom. The molecule has 0 aliphatic carbocycles. The molecule has 0 bridgehead atoms. The first-order chi connectivity index (χ1) is 17.0. The van der Waals surface area contributed by atoms with Gasteiger partial charge in [-0.15, -0.1) is 0 Å². The fourth-order valence-corrected chi connectivity index (χ4v) is 4.60. The van der Waals surface area contributed by atoms with E-state index in [2.05, 4.69) is 9.97 Å². The van der Waals surface area contributed by atoms with Crippen molar-refractivity contribution in [2.75, 3.05) is 20.2 Å². The van der Waals surface area contributed by atoms with E-state index in [1.807, 2.05) is 48.5 Å². The Balaban J connectivity index is 1.41. The van der Waals surface area contributed by atoms with E-state index in [9.17, 15) is 14.4 Å². The fraction of sp³-hybridized carbons (Fsp3) is 0.222. The molecule has 2 aromatic heterocycles. The molecular weight excluding hydrogens is 444 g/mol. The van der Waals surface area contributed by atoms with Gasteiger partial charge in [-0.3, -0.25) is 14.4 Å². The number of nitrogens with one attached hydrogen (secondary N) is 2. The first-order valence-electron chi connectivity index (χ1n) is 11.5. The average molecular weight is 471 g/mol. The molecule has 8 nitrogen and oxygen atoms in total. The zero-order valence-corrected chi connectivity index (χ0v) is 19.4. The summed E-state index contributed by atoms with van der Waals surface area (Å²) >= 11 is 0. The number of rotatable bonds is 6. The van der Waals surface area contributed by atoms with Gasteiger partial charge in [-0.25, -0.2) is 0 Å². The highest BCUT2D eigenvalue weighted by Crippen LogP contribution is 2.24. The van der Waals surface area contributed by atoms with Gasteiger partial charge in [-0.2, -0.15) is 0 Å². The van der Waals surface area contributed by atoms with Gasteiger partial charge in [-0.05, 0) is 42.3 Å². The summed E-state index contributed by atoms with van der Waals surface area (Å²) in [6, 6.07) is 21.9. The number of hydrogen-bond donors (Lipinski definition) is 2. The van der Waals surface area contributed by atoms with E-state index < -0.39 is 0 Å². The second-order valence-corrected chi connectivity index (χ2v) is 8.73. The molecule has 1 aliphatic rings. The molecule has 2 aromatic carbocycles. The lowest BCUT2D eigenvalue weighted by Crippen LogP contribution is -2.58. The number of benzene rings is 2. The molecule has 0 radical (unpaired) electrons. The Morgan fingerprint density at radius 1 is 1.00 bits per heavy atom. The summed E-state index contributed by atoms with van der Waals surface area (Å²) in [4.78, 5) is 47.8. The second kappa shape index (κ2) is 9.50. The minimum Gasteiger partial charge on any atom is -0.497 e. The van der Waals surface area contributed by atoms with Crippen LogP contribution in [0.4, 0.5) is 0 Å². The van der Waals surface area contributed by atoms with E-state index in [-0.39, 0.29) is 36.5 Å². The van der Waals surface area contributed by atoms with Crippen LogP contribution in [0.3, 0.4) is 0 Å². The number of carbonyl (C=O) groups is 2. The van der Waals surface area contributed by atoms with Gasteiger partial charge in [0.15, 0.2) is 0 Å². The largest absolute Gasteiger partial charge is 0.497 e. The molecule has 2 N–H and O–H groups in total. The molecule has 35 heavy (non-hydrogen) atoms. The van der Waals surface area contributed by atoms with Gasteiger partial charge in [-0.1, -0.05) is 36.4 Å². The van der Waals surface area contributed by atoms with Crippen molar-refractivity contribution in [3.8, 4) is 5.75 Å². The number of hydrogen-bond acceptors (Lipinski definition) is 4. The van der Waals surface area contributed by atoms with Crippen molar-refractivity contribution in [1.82, 2.24) is 19.8 Å². The SMILES string of the molecule is COc1ccc2[nH]c(C(=O)N3CC(=O)N(Cc4cccc(=O)[nH]4)[C@@H](Cc4ccccc4)C3)cc2c1. The molecule has 0 spiro atoms. The monoisotopic (exact) mass is 470 g/mol. The quantitative estimate of drug-likeness (QED) is 0.453. The smallest absolute Gasteiger partial charge is 0.270 e. The molecule has 1 fully saturated rings. The first kappa shape index (κ1) is 22.5. The summed E-state index contributed by atoms with van der Waals surface area (Å²) in [6.07, 6.45) is 0.595. The minimum atomic E-state index is -0.240. The van der Waals surface area contributed by atoms with E-state index in [1.165, 1.54) is 6.07 Å². The lowest BCUT2D eigenvalue weighted by atomic mass is 10.0. The van der Waals surface area contributed by atoms with E-state index in [0.29, 0.717) is 30.1 Å². The summed E-state index contributed by atoms with van der Waals surface area (Å²) in [5.41, 5.74) is 2.78. The standard InChI is InChI=1S/C27H26N4O4/c1-35-22-10-11-23-19(13-22)14-24(29-23)27(34)30-16-21(12-18-6-3-2-4-7-18)31(26(33)17-30)15-20-8-5-9-25(32)28-20/h2-11,13-14,21,29H,12,15-17H2,1H3,(H,28,32)/t21-/m0/s1. The number of carbonyl (C=O) groups excluding carboxylic acids is 2. The number of H-pyrrole nitrogens is 2. The zero-order chi connectivity index (χ0) is 24.4. The lowest BCUT2D eigenvalue weighted by molar-refractivity contribution is -0.139. The molecule has 1 atom stereocenters. The molecule has 1 saturated heterocycles. The van der Waals surface area contributed by atoms with E-state index in [4.69, 9.17) is 4.74 Å². The van der Waals surface area contributed by atoms with Crippen molar-refractivity contribution < 1.29 is 14.3 Å². The number of amides is 2. The van der Waals surface area contributed by atoms with Crippen LogP contribution in [0.1, 0.15) is 21.7 Å². The zero-order valence-electron chi connectivity index (χ0n) is 19.4. The molecule has 178 valence electrons. The highest BCUT2D eigenvalue weighted by atomic mass is 16.5. The maximum absolute atomic E-state index is 13.4. The lowest BCUT2D eigenvalue weighted by Gasteiger charge is -2.41. The minimum absolute atomic E-state index is 0.0279. The maximum Gasteiger partial charge on any atom is 0.270 e. The van der Waals surface area contributed by atoms with Crippen molar-refractivity contribution in [3.63, 3.8) is 0 Å². The van der Waals surface area contributed by atoms with Crippen LogP contribution in [-0.2, 0) is 17.8 Å². The third-order valence-corrected chi connectivity index (χ3v) is 6.35. The van der Waals surface area contributed by atoms with Crippen molar-refractivity contribution in [2.45, 2.75) is 19.0 Å². The molecule has 5 rings (SSSR count). The molecule has 1 aliphatic heterocycles. The Bertz CT molecular complexity index is 1430. The van der Waals surface area contributed by atoms with Crippen LogP contribution in [-0.4, -0.2) is 57.8 Å². The Hall–Kier alpha value is -4.33. The molecule has 4 aromatic rings. The Labute approximate surface area is 202 Å². The van der Waals surface area contributed by atoms with Crippen LogP contribution >= 0.6 is 0 Å².